The summed E-state index contributed by atoms with van der Waals surface area (Å²) in [5, 5.41) is 0. The van der Waals surface area contributed by atoms with Gasteiger partial charge in [-0.3, -0.25) is 4.72 Å². The fourth-order valence-corrected chi connectivity index (χ4v) is 3.19. The Morgan fingerprint density at radius 2 is 1.79 bits per heavy atom. The molecule has 0 radical (unpaired) electrons. The maximum Gasteiger partial charge on any atom is 0.261 e. The molecule has 0 spiro atoms. The summed E-state index contributed by atoms with van der Waals surface area (Å²) in [6.07, 6.45) is 0. The molecule has 0 heterocycles. The Labute approximate surface area is 141 Å². The number of methoxy groups -OCH3 is 1. The van der Waals surface area contributed by atoms with Gasteiger partial charge in [-0.25, -0.2) is 12.8 Å². The molecule has 0 saturated heterocycles. The Bertz CT molecular complexity index is 821. The van der Waals surface area contributed by atoms with Crippen molar-refractivity contribution in [2.75, 3.05) is 25.0 Å². The van der Waals surface area contributed by atoms with E-state index in [1.807, 2.05) is 0 Å². The molecule has 2 aromatic carbocycles. The number of halogens is 1. The van der Waals surface area contributed by atoms with E-state index in [-0.39, 0.29) is 10.6 Å². The average molecular weight is 353 g/mol. The molecule has 0 aliphatic carbocycles. The second kappa shape index (κ2) is 7.63. The van der Waals surface area contributed by atoms with Gasteiger partial charge in [-0.05, 0) is 55.3 Å². The first-order chi connectivity index (χ1) is 11.3. The third-order valence-electron chi connectivity index (χ3n) is 3.43. The molecule has 2 aromatic rings. The average Bonchev–Trinajstić information content (AvgIpc) is 2.52. The summed E-state index contributed by atoms with van der Waals surface area (Å²) in [6, 6.07) is 8.74. The first kappa shape index (κ1) is 18.2. The summed E-state index contributed by atoms with van der Waals surface area (Å²) in [5.74, 6) is 0.126. The summed E-state index contributed by atoms with van der Waals surface area (Å²) in [6.45, 7) is 4.19. The Morgan fingerprint density at radius 3 is 2.42 bits per heavy atom. The van der Waals surface area contributed by atoms with Crippen molar-refractivity contribution in [1.82, 2.24) is 0 Å². The van der Waals surface area contributed by atoms with Crippen LogP contribution in [0.25, 0.3) is 0 Å². The molecular formula is C17H20FNO4S. The van der Waals surface area contributed by atoms with Crippen molar-refractivity contribution in [3.63, 3.8) is 0 Å². The monoisotopic (exact) mass is 353 g/mol. The van der Waals surface area contributed by atoms with Gasteiger partial charge >= 0.3 is 0 Å². The second-order valence-electron chi connectivity index (χ2n) is 5.34. The van der Waals surface area contributed by atoms with Crippen LogP contribution in [0.15, 0.2) is 41.3 Å². The van der Waals surface area contributed by atoms with Crippen LogP contribution in [0.4, 0.5) is 10.1 Å². The Kier molecular flexibility index (Phi) is 5.80. The SMILES string of the molecule is COCCOc1ccc(S(=O)(=O)Nc2ccc(C)c(F)c2)cc1C. The standard InChI is InChI=1S/C17H20FNO4S/c1-12-4-5-14(11-16(12)18)19-24(20,21)15-6-7-17(13(2)10-15)23-9-8-22-3/h4-7,10-11,19H,8-9H2,1-3H3. The molecule has 0 aromatic heterocycles. The number of nitrogens with one attached hydrogen (secondary N) is 1. The fourth-order valence-electron chi connectivity index (χ4n) is 2.06. The van der Waals surface area contributed by atoms with E-state index in [0.29, 0.717) is 30.1 Å². The van der Waals surface area contributed by atoms with Crippen molar-refractivity contribution in [2.45, 2.75) is 18.7 Å². The van der Waals surface area contributed by atoms with E-state index < -0.39 is 15.8 Å². The van der Waals surface area contributed by atoms with E-state index in [1.165, 1.54) is 24.3 Å². The van der Waals surface area contributed by atoms with Gasteiger partial charge in [0.2, 0.25) is 0 Å². The molecule has 24 heavy (non-hydrogen) atoms. The number of benzene rings is 2. The van der Waals surface area contributed by atoms with Crippen molar-refractivity contribution < 1.29 is 22.3 Å². The highest BCUT2D eigenvalue weighted by Gasteiger charge is 2.16. The maximum absolute atomic E-state index is 13.6. The van der Waals surface area contributed by atoms with E-state index in [2.05, 4.69) is 4.72 Å². The molecule has 130 valence electrons. The number of sulfonamides is 1. The molecule has 0 amide bonds. The van der Waals surface area contributed by atoms with Gasteiger partial charge in [0.15, 0.2) is 0 Å². The highest BCUT2D eigenvalue weighted by atomic mass is 32.2. The Morgan fingerprint density at radius 1 is 1.04 bits per heavy atom. The minimum atomic E-state index is -3.80. The summed E-state index contributed by atoms with van der Waals surface area (Å²) in [5.41, 5.74) is 1.31. The lowest BCUT2D eigenvalue weighted by Gasteiger charge is -2.12. The molecule has 0 bridgehead atoms. The lowest BCUT2D eigenvalue weighted by Crippen LogP contribution is -2.13. The Hall–Kier alpha value is -2.12. The van der Waals surface area contributed by atoms with Gasteiger partial charge in [-0.15, -0.1) is 0 Å². The first-order valence-corrected chi connectivity index (χ1v) is 8.83. The van der Waals surface area contributed by atoms with E-state index >= 15 is 0 Å². The number of aryl methyl sites for hydroxylation is 2. The summed E-state index contributed by atoms with van der Waals surface area (Å²) < 4.78 is 51.2. The molecule has 0 unspecified atom stereocenters. The van der Waals surface area contributed by atoms with Crippen LogP contribution in [0.5, 0.6) is 5.75 Å². The largest absolute Gasteiger partial charge is 0.491 e. The molecule has 2 rings (SSSR count). The lowest BCUT2D eigenvalue weighted by atomic mass is 10.2. The van der Waals surface area contributed by atoms with Crippen molar-refractivity contribution >= 4 is 15.7 Å². The van der Waals surface area contributed by atoms with Crippen LogP contribution in [0.1, 0.15) is 11.1 Å². The lowest BCUT2D eigenvalue weighted by molar-refractivity contribution is 0.146. The molecular weight excluding hydrogens is 333 g/mol. The summed E-state index contributed by atoms with van der Waals surface area (Å²) in [4.78, 5) is 0.0834. The number of hydrogen-bond donors (Lipinski definition) is 1. The van der Waals surface area contributed by atoms with Gasteiger partial charge in [0.05, 0.1) is 17.2 Å². The fraction of sp³-hybridized carbons (Fsp3) is 0.294. The minimum Gasteiger partial charge on any atom is -0.491 e. The van der Waals surface area contributed by atoms with Crippen molar-refractivity contribution in [2.24, 2.45) is 0 Å². The van der Waals surface area contributed by atoms with Crippen molar-refractivity contribution in [3.8, 4) is 5.75 Å². The van der Waals surface area contributed by atoms with Gasteiger partial charge in [0.1, 0.15) is 18.2 Å². The highest BCUT2D eigenvalue weighted by molar-refractivity contribution is 7.92. The summed E-state index contributed by atoms with van der Waals surface area (Å²) >= 11 is 0. The molecule has 0 fully saturated rings. The zero-order valence-corrected chi connectivity index (χ0v) is 14.6. The topological polar surface area (TPSA) is 64.6 Å². The normalized spacial score (nSPS) is 11.3. The van der Waals surface area contributed by atoms with Gasteiger partial charge in [0.25, 0.3) is 10.0 Å². The van der Waals surface area contributed by atoms with Crippen LogP contribution in [0.3, 0.4) is 0 Å². The van der Waals surface area contributed by atoms with Crippen LogP contribution >= 0.6 is 0 Å². The molecule has 5 nitrogen and oxygen atoms in total. The molecule has 0 atom stereocenters. The number of hydrogen-bond acceptors (Lipinski definition) is 4. The van der Waals surface area contributed by atoms with E-state index in [1.54, 1.807) is 27.0 Å². The van der Waals surface area contributed by atoms with Crippen molar-refractivity contribution in [3.05, 3.63) is 53.3 Å². The van der Waals surface area contributed by atoms with Crippen LogP contribution in [-0.2, 0) is 14.8 Å². The van der Waals surface area contributed by atoms with Gasteiger partial charge in [0, 0.05) is 7.11 Å². The molecule has 0 aliphatic rings. The quantitative estimate of drug-likeness (QED) is 0.776. The van der Waals surface area contributed by atoms with Crippen LogP contribution in [0.2, 0.25) is 0 Å². The van der Waals surface area contributed by atoms with Gasteiger partial charge in [-0.1, -0.05) is 6.07 Å². The third kappa shape index (κ3) is 4.46. The van der Waals surface area contributed by atoms with Crippen LogP contribution in [-0.4, -0.2) is 28.7 Å². The van der Waals surface area contributed by atoms with E-state index in [4.69, 9.17) is 9.47 Å². The maximum atomic E-state index is 13.6. The highest BCUT2D eigenvalue weighted by Crippen LogP contribution is 2.24. The summed E-state index contributed by atoms with van der Waals surface area (Å²) in [7, 11) is -2.23. The smallest absolute Gasteiger partial charge is 0.261 e. The molecule has 1 N–H and O–H groups in total. The molecule has 0 saturated carbocycles. The number of rotatable bonds is 7. The van der Waals surface area contributed by atoms with E-state index in [0.717, 1.165) is 6.07 Å². The van der Waals surface area contributed by atoms with Gasteiger partial charge in [-0.2, -0.15) is 0 Å². The minimum absolute atomic E-state index is 0.0834. The van der Waals surface area contributed by atoms with Crippen molar-refractivity contribution in [1.29, 1.82) is 0 Å². The molecule has 7 heteroatoms. The Balaban J connectivity index is 2.19. The predicted octanol–water partition coefficient (Wildman–Crippen LogP) is 3.27. The molecule has 0 aliphatic heterocycles. The zero-order chi connectivity index (χ0) is 17.7. The third-order valence-corrected chi connectivity index (χ3v) is 4.80. The van der Waals surface area contributed by atoms with Crippen LogP contribution < -0.4 is 9.46 Å². The van der Waals surface area contributed by atoms with Crippen LogP contribution in [0, 0.1) is 19.7 Å². The zero-order valence-electron chi connectivity index (χ0n) is 13.8. The van der Waals surface area contributed by atoms with E-state index in [9.17, 15) is 12.8 Å². The second-order valence-corrected chi connectivity index (χ2v) is 7.02. The predicted molar refractivity (Wildman–Crippen MR) is 90.5 cm³/mol. The van der Waals surface area contributed by atoms with Gasteiger partial charge < -0.3 is 9.47 Å². The number of ether oxygens (including phenoxy) is 2. The first-order valence-electron chi connectivity index (χ1n) is 7.35. The number of anilines is 1.